The van der Waals surface area contributed by atoms with Crippen molar-refractivity contribution in [3.05, 3.63) is 59.2 Å². The zero-order valence-corrected chi connectivity index (χ0v) is 16.2. The highest BCUT2D eigenvalue weighted by Gasteiger charge is 2.20. The molecule has 140 valence electrons. The van der Waals surface area contributed by atoms with Crippen molar-refractivity contribution in [1.82, 2.24) is 4.72 Å². The van der Waals surface area contributed by atoms with Crippen LogP contribution in [0.2, 0.25) is 0 Å². The highest BCUT2D eigenvalue weighted by Crippen LogP contribution is 2.22. The fraction of sp³-hybridized carbons (Fsp3) is 0.316. The van der Waals surface area contributed by atoms with Gasteiger partial charge >= 0.3 is 0 Å². The molecule has 0 saturated carbocycles. The Morgan fingerprint density at radius 1 is 1.08 bits per heavy atom. The van der Waals surface area contributed by atoms with E-state index in [1.54, 1.807) is 31.4 Å². The summed E-state index contributed by atoms with van der Waals surface area (Å²) in [4.78, 5) is 12.5. The van der Waals surface area contributed by atoms with Crippen molar-refractivity contribution in [2.75, 3.05) is 18.7 Å². The molecule has 0 bridgehead atoms. The molecule has 2 rings (SSSR count). The Balaban J connectivity index is 2.18. The fourth-order valence-corrected chi connectivity index (χ4v) is 3.50. The minimum Gasteiger partial charge on any atom is -0.497 e. The third kappa shape index (κ3) is 6.16. The number of sulfonamides is 1. The van der Waals surface area contributed by atoms with Crippen LogP contribution in [-0.4, -0.2) is 27.7 Å². The van der Waals surface area contributed by atoms with Crippen LogP contribution in [-0.2, 0) is 14.8 Å². The number of rotatable bonds is 7. The van der Waals surface area contributed by atoms with E-state index in [1.165, 1.54) is 0 Å². The quantitative estimate of drug-likeness (QED) is 0.778. The van der Waals surface area contributed by atoms with E-state index in [2.05, 4.69) is 10.0 Å². The van der Waals surface area contributed by atoms with Gasteiger partial charge in [-0.1, -0.05) is 18.2 Å². The van der Waals surface area contributed by atoms with E-state index in [0.29, 0.717) is 17.0 Å². The lowest BCUT2D eigenvalue weighted by atomic mass is 10.0. The predicted octanol–water partition coefficient (Wildman–Crippen LogP) is 2.93. The molecule has 0 radical (unpaired) electrons. The van der Waals surface area contributed by atoms with Gasteiger partial charge in [-0.15, -0.1) is 0 Å². The monoisotopic (exact) mass is 376 g/mol. The number of carbonyl (C=O) groups excluding carboxylic acids is 1. The first-order valence-electron chi connectivity index (χ1n) is 8.15. The predicted molar refractivity (Wildman–Crippen MR) is 103 cm³/mol. The molecule has 2 aromatic rings. The van der Waals surface area contributed by atoms with E-state index in [9.17, 15) is 13.2 Å². The van der Waals surface area contributed by atoms with Gasteiger partial charge in [-0.2, -0.15) is 0 Å². The van der Waals surface area contributed by atoms with Crippen LogP contribution in [0, 0.1) is 13.8 Å². The molecule has 0 saturated heterocycles. The van der Waals surface area contributed by atoms with Crippen molar-refractivity contribution in [1.29, 1.82) is 0 Å². The van der Waals surface area contributed by atoms with E-state index >= 15 is 0 Å². The normalized spacial score (nSPS) is 12.5. The average Bonchev–Trinajstić information content (AvgIpc) is 2.52. The Kier molecular flexibility index (Phi) is 6.39. The van der Waals surface area contributed by atoms with Gasteiger partial charge in [0.05, 0.1) is 19.4 Å². The first-order chi connectivity index (χ1) is 12.2. The van der Waals surface area contributed by atoms with Crippen molar-refractivity contribution in [3.8, 4) is 5.75 Å². The molecule has 0 fully saturated rings. The molecule has 1 atom stereocenters. The Morgan fingerprint density at radius 3 is 2.15 bits per heavy atom. The van der Waals surface area contributed by atoms with Crippen molar-refractivity contribution < 1.29 is 17.9 Å². The molecule has 0 aliphatic heterocycles. The molecule has 0 aromatic heterocycles. The molecule has 1 amide bonds. The lowest BCUT2D eigenvalue weighted by Gasteiger charge is -2.18. The minimum atomic E-state index is -3.48. The van der Waals surface area contributed by atoms with Gasteiger partial charge in [-0.25, -0.2) is 13.1 Å². The number of hydrogen-bond acceptors (Lipinski definition) is 4. The first-order valence-corrected chi connectivity index (χ1v) is 10.0. The number of benzene rings is 2. The molecule has 26 heavy (non-hydrogen) atoms. The van der Waals surface area contributed by atoms with Gasteiger partial charge in [0.25, 0.3) is 0 Å². The van der Waals surface area contributed by atoms with Crippen LogP contribution in [0.3, 0.4) is 0 Å². The van der Waals surface area contributed by atoms with E-state index in [-0.39, 0.29) is 12.3 Å². The van der Waals surface area contributed by atoms with E-state index in [1.807, 2.05) is 32.0 Å². The molecule has 7 heteroatoms. The van der Waals surface area contributed by atoms with Crippen LogP contribution in [0.15, 0.2) is 42.5 Å². The second-order valence-corrected chi connectivity index (χ2v) is 8.12. The summed E-state index contributed by atoms with van der Waals surface area (Å²) in [6, 6.07) is 12.0. The van der Waals surface area contributed by atoms with E-state index < -0.39 is 16.1 Å². The molecular formula is C19H24N2O4S. The van der Waals surface area contributed by atoms with Gasteiger partial charge in [-0.3, -0.25) is 4.79 Å². The molecule has 0 aliphatic rings. The van der Waals surface area contributed by atoms with Crippen LogP contribution < -0.4 is 14.8 Å². The van der Waals surface area contributed by atoms with Crippen LogP contribution in [0.5, 0.6) is 5.75 Å². The van der Waals surface area contributed by atoms with Gasteiger partial charge in [-0.05, 0) is 54.8 Å². The summed E-state index contributed by atoms with van der Waals surface area (Å²) in [5, 5.41) is 2.83. The molecule has 2 aromatic carbocycles. The maximum absolute atomic E-state index is 12.5. The molecule has 6 nitrogen and oxygen atoms in total. The first kappa shape index (κ1) is 19.9. The Morgan fingerprint density at radius 2 is 1.65 bits per heavy atom. The molecule has 1 unspecified atom stereocenters. The Bertz CT molecular complexity index is 857. The Hall–Kier alpha value is -2.38. The summed E-state index contributed by atoms with van der Waals surface area (Å²) < 4.78 is 31.0. The van der Waals surface area contributed by atoms with Crippen LogP contribution in [0.4, 0.5) is 5.69 Å². The largest absolute Gasteiger partial charge is 0.497 e. The number of hydrogen-bond donors (Lipinski definition) is 2. The molecule has 0 aliphatic carbocycles. The van der Waals surface area contributed by atoms with Crippen LogP contribution in [0.1, 0.15) is 29.2 Å². The zero-order valence-electron chi connectivity index (χ0n) is 15.4. The summed E-state index contributed by atoms with van der Waals surface area (Å²) in [5.41, 5.74) is 3.47. The lowest BCUT2D eigenvalue weighted by molar-refractivity contribution is -0.116. The van der Waals surface area contributed by atoms with Crippen molar-refractivity contribution in [2.24, 2.45) is 0 Å². The molecular weight excluding hydrogens is 352 g/mol. The maximum atomic E-state index is 12.5. The number of anilines is 1. The van der Waals surface area contributed by atoms with Gasteiger partial charge in [0.1, 0.15) is 5.75 Å². The van der Waals surface area contributed by atoms with Crippen molar-refractivity contribution in [3.63, 3.8) is 0 Å². The fourth-order valence-electron chi connectivity index (χ4n) is 2.77. The zero-order chi connectivity index (χ0) is 19.3. The average molecular weight is 376 g/mol. The standard InChI is InChI=1S/C19H24N2O4S/c1-13-9-14(2)11-16(10-13)20-19(22)12-18(21-26(4,23)24)15-5-7-17(25-3)8-6-15/h5-11,18,21H,12H2,1-4H3,(H,20,22). The van der Waals surface area contributed by atoms with E-state index in [0.717, 1.165) is 17.4 Å². The van der Waals surface area contributed by atoms with Gasteiger partial charge in [0.15, 0.2) is 0 Å². The number of carbonyl (C=O) groups is 1. The molecule has 0 heterocycles. The second kappa shape index (κ2) is 8.33. The summed E-state index contributed by atoms with van der Waals surface area (Å²) in [6.45, 7) is 3.90. The summed E-state index contributed by atoms with van der Waals surface area (Å²) in [5.74, 6) is 0.388. The smallest absolute Gasteiger partial charge is 0.226 e. The summed E-state index contributed by atoms with van der Waals surface area (Å²) >= 11 is 0. The Labute approximate surface area is 154 Å². The number of nitrogens with one attached hydrogen (secondary N) is 2. The summed E-state index contributed by atoms with van der Waals surface area (Å²) in [6.07, 6.45) is 1.05. The highest BCUT2D eigenvalue weighted by molar-refractivity contribution is 7.88. The number of methoxy groups -OCH3 is 1. The van der Waals surface area contributed by atoms with Gasteiger partial charge in [0.2, 0.25) is 15.9 Å². The number of aryl methyl sites for hydroxylation is 2. The highest BCUT2D eigenvalue weighted by atomic mass is 32.2. The SMILES string of the molecule is COc1ccc(C(CC(=O)Nc2cc(C)cc(C)c2)NS(C)(=O)=O)cc1. The third-order valence-corrected chi connectivity index (χ3v) is 4.48. The topological polar surface area (TPSA) is 84.5 Å². The summed E-state index contributed by atoms with van der Waals surface area (Å²) in [7, 11) is -1.93. The molecule has 0 spiro atoms. The van der Waals surface area contributed by atoms with Gasteiger partial charge in [0, 0.05) is 12.1 Å². The minimum absolute atomic E-state index is 0.0214. The molecule has 2 N–H and O–H groups in total. The third-order valence-electron chi connectivity index (χ3n) is 3.77. The van der Waals surface area contributed by atoms with Gasteiger partial charge < -0.3 is 10.1 Å². The van der Waals surface area contributed by atoms with Crippen molar-refractivity contribution >= 4 is 21.6 Å². The number of amides is 1. The van der Waals surface area contributed by atoms with Crippen LogP contribution in [0.25, 0.3) is 0 Å². The number of ether oxygens (including phenoxy) is 1. The van der Waals surface area contributed by atoms with E-state index in [4.69, 9.17) is 4.74 Å². The lowest BCUT2D eigenvalue weighted by Crippen LogP contribution is -2.30. The van der Waals surface area contributed by atoms with Crippen molar-refractivity contribution in [2.45, 2.75) is 26.3 Å². The van der Waals surface area contributed by atoms with Crippen LogP contribution >= 0.6 is 0 Å². The second-order valence-electron chi connectivity index (χ2n) is 6.34. The maximum Gasteiger partial charge on any atom is 0.226 e.